The van der Waals surface area contributed by atoms with Crippen LogP contribution in [-0.2, 0) is 6.61 Å². The average Bonchev–Trinajstić information content (AvgIpc) is 2.74. The zero-order chi connectivity index (χ0) is 21.3. The van der Waals surface area contributed by atoms with Gasteiger partial charge in [-0.2, -0.15) is 0 Å². The molecule has 0 N–H and O–H groups in total. The van der Waals surface area contributed by atoms with Crippen LogP contribution >= 0.6 is 27.5 Å². The van der Waals surface area contributed by atoms with Crippen molar-refractivity contribution in [3.63, 3.8) is 0 Å². The van der Waals surface area contributed by atoms with Gasteiger partial charge in [0.15, 0.2) is 11.5 Å². The van der Waals surface area contributed by atoms with Gasteiger partial charge in [0.05, 0.1) is 23.4 Å². The molecule has 0 unspecified atom stereocenters. The summed E-state index contributed by atoms with van der Waals surface area (Å²) in [5.74, 6) is 2.11. The van der Waals surface area contributed by atoms with Crippen LogP contribution < -0.4 is 14.2 Å². The maximum Gasteiger partial charge on any atom is 0.175 e. The number of nitrogens with zero attached hydrogens (tertiary/aromatic N) is 1. The van der Waals surface area contributed by atoms with Crippen molar-refractivity contribution in [2.24, 2.45) is 4.99 Å². The van der Waals surface area contributed by atoms with E-state index in [2.05, 4.69) is 20.9 Å². The topological polar surface area (TPSA) is 40.0 Å². The number of benzene rings is 3. The molecule has 0 aliphatic carbocycles. The summed E-state index contributed by atoms with van der Waals surface area (Å²) in [7, 11) is 0. The van der Waals surface area contributed by atoms with Crippen molar-refractivity contribution in [3.8, 4) is 17.2 Å². The normalized spacial score (nSPS) is 10.9. The first-order chi connectivity index (χ1) is 14.6. The van der Waals surface area contributed by atoms with Gasteiger partial charge in [-0.25, -0.2) is 0 Å². The molecule has 6 heteroatoms. The lowest BCUT2D eigenvalue weighted by Gasteiger charge is -2.15. The number of aliphatic imine (C=N–C) groups is 1. The first-order valence-electron chi connectivity index (χ1n) is 9.70. The second-order valence-electron chi connectivity index (χ2n) is 6.33. The molecule has 0 aliphatic heterocycles. The molecule has 0 aromatic heterocycles. The number of hydrogen-bond donors (Lipinski definition) is 0. The Morgan fingerprint density at radius 1 is 0.933 bits per heavy atom. The summed E-state index contributed by atoms with van der Waals surface area (Å²) in [5.41, 5.74) is 2.64. The SMILES string of the molecule is CCOc1ccc(N=Cc2cc(Br)c(OCc3ccccc3Cl)c(OCC)c2)cc1. The Bertz CT molecular complexity index is 1010. The molecular formula is C24H23BrClNO3. The lowest BCUT2D eigenvalue weighted by atomic mass is 10.2. The zero-order valence-corrected chi connectivity index (χ0v) is 19.2. The fourth-order valence-corrected chi connectivity index (χ4v) is 3.54. The van der Waals surface area contributed by atoms with Crippen LogP contribution in [0.25, 0.3) is 0 Å². The van der Waals surface area contributed by atoms with Crippen LogP contribution in [0.3, 0.4) is 0 Å². The minimum Gasteiger partial charge on any atom is -0.494 e. The molecule has 0 atom stereocenters. The summed E-state index contributed by atoms with van der Waals surface area (Å²) in [6.07, 6.45) is 1.79. The molecule has 0 bridgehead atoms. The van der Waals surface area contributed by atoms with Gasteiger partial charge in [-0.1, -0.05) is 29.8 Å². The average molecular weight is 489 g/mol. The number of hydrogen-bond acceptors (Lipinski definition) is 4. The van der Waals surface area contributed by atoms with E-state index in [0.717, 1.165) is 27.0 Å². The molecule has 0 radical (unpaired) electrons. The Morgan fingerprint density at radius 2 is 1.67 bits per heavy atom. The van der Waals surface area contributed by atoms with Crippen LogP contribution in [0, 0.1) is 0 Å². The van der Waals surface area contributed by atoms with Gasteiger partial charge < -0.3 is 14.2 Å². The Hall–Kier alpha value is -2.50. The molecule has 0 spiro atoms. The van der Waals surface area contributed by atoms with Gasteiger partial charge in [-0.05, 0) is 77.8 Å². The third-order valence-electron chi connectivity index (χ3n) is 4.17. The standard InChI is InChI=1S/C24H23BrClNO3/c1-3-28-20-11-9-19(10-12-20)27-15-17-13-21(25)24(23(14-17)29-4-2)30-16-18-7-5-6-8-22(18)26/h5-15H,3-4,16H2,1-2H3. The van der Waals surface area contributed by atoms with E-state index in [9.17, 15) is 0 Å². The molecule has 0 heterocycles. The Kier molecular flexibility index (Phi) is 8.17. The van der Waals surface area contributed by atoms with E-state index in [1.807, 2.05) is 74.5 Å². The van der Waals surface area contributed by atoms with Crippen molar-refractivity contribution in [1.82, 2.24) is 0 Å². The molecule has 0 saturated carbocycles. The first-order valence-corrected chi connectivity index (χ1v) is 10.9. The lowest BCUT2D eigenvalue weighted by Crippen LogP contribution is -2.02. The zero-order valence-electron chi connectivity index (χ0n) is 16.9. The minimum atomic E-state index is 0.345. The van der Waals surface area contributed by atoms with E-state index in [0.29, 0.717) is 36.3 Å². The fraction of sp³-hybridized carbons (Fsp3) is 0.208. The van der Waals surface area contributed by atoms with Gasteiger partial charge in [0.2, 0.25) is 0 Å². The molecule has 0 aliphatic rings. The van der Waals surface area contributed by atoms with Gasteiger partial charge in [0.1, 0.15) is 12.4 Å². The highest BCUT2D eigenvalue weighted by atomic mass is 79.9. The highest BCUT2D eigenvalue weighted by Gasteiger charge is 2.13. The molecule has 4 nitrogen and oxygen atoms in total. The molecule has 30 heavy (non-hydrogen) atoms. The van der Waals surface area contributed by atoms with Crippen LogP contribution in [0.2, 0.25) is 5.02 Å². The van der Waals surface area contributed by atoms with E-state index < -0.39 is 0 Å². The second kappa shape index (κ2) is 11.0. The molecule has 0 fully saturated rings. The maximum atomic E-state index is 6.23. The maximum absolute atomic E-state index is 6.23. The summed E-state index contributed by atoms with van der Waals surface area (Å²) in [6.45, 7) is 5.40. The van der Waals surface area contributed by atoms with Gasteiger partial charge in [0.25, 0.3) is 0 Å². The van der Waals surface area contributed by atoms with E-state index in [4.69, 9.17) is 25.8 Å². The lowest BCUT2D eigenvalue weighted by molar-refractivity contribution is 0.267. The molecular weight excluding hydrogens is 466 g/mol. The predicted molar refractivity (Wildman–Crippen MR) is 126 cm³/mol. The van der Waals surface area contributed by atoms with E-state index in [1.165, 1.54) is 0 Å². The smallest absolute Gasteiger partial charge is 0.175 e. The second-order valence-corrected chi connectivity index (χ2v) is 7.59. The van der Waals surface area contributed by atoms with E-state index >= 15 is 0 Å². The van der Waals surface area contributed by atoms with Crippen molar-refractivity contribution < 1.29 is 14.2 Å². The van der Waals surface area contributed by atoms with Crippen molar-refractivity contribution in [2.75, 3.05) is 13.2 Å². The molecule has 3 rings (SSSR count). The Balaban J connectivity index is 1.79. The van der Waals surface area contributed by atoms with Gasteiger partial charge >= 0.3 is 0 Å². The van der Waals surface area contributed by atoms with Crippen LogP contribution in [0.5, 0.6) is 17.2 Å². The van der Waals surface area contributed by atoms with Crippen LogP contribution in [-0.4, -0.2) is 19.4 Å². The van der Waals surface area contributed by atoms with Crippen LogP contribution in [0.1, 0.15) is 25.0 Å². The van der Waals surface area contributed by atoms with Crippen molar-refractivity contribution in [1.29, 1.82) is 0 Å². The summed E-state index contributed by atoms with van der Waals surface area (Å²) >= 11 is 9.83. The highest BCUT2D eigenvalue weighted by molar-refractivity contribution is 9.10. The molecule has 3 aromatic rings. The fourth-order valence-electron chi connectivity index (χ4n) is 2.78. The van der Waals surface area contributed by atoms with Crippen molar-refractivity contribution in [2.45, 2.75) is 20.5 Å². The van der Waals surface area contributed by atoms with Crippen LogP contribution in [0.15, 0.2) is 70.1 Å². The van der Waals surface area contributed by atoms with E-state index in [1.54, 1.807) is 6.21 Å². The van der Waals surface area contributed by atoms with Gasteiger partial charge in [0, 0.05) is 16.8 Å². The number of ether oxygens (including phenoxy) is 3. The molecule has 0 amide bonds. The van der Waals surface area contributed by atoms with Gasteiger partial charge in [-0.3, -0.25) is 4.99 Å². The predicted octanol–water partition coefficient (Wildman–Crippen LogP) is 7.23. The van der Waals surface area contributed by atoms with Crippen molar-refractivity contribution >= 4 is 39.4 Å². The summed E-state index contributed by atoms with van der Waals surface area (Å²) < 4.78 is 18.1. The Morgan fingerprint density at radius 3 is 2.37 bits per heavy atom. The van der Waals surface area contributed by atoms with E-state index in [-0.39, 0.29) is 0 Å². The third kappa shape index (κ3) is 6.00. The quantitative estimate of drug-likeness (QED) is 0.298. The first kappa shape index (κ1) is 22.2. The Labute approximate surface area is 190 Å². The minimum absolute atomic E-state index is 0.345. The van der Waals surface area contributed by atoms with Crippen LogP contribution in [0.4, 0.5) is 5.69 Å². The monoisotopic (exact) mass is 487 g/mol. The van der Waals surface area contributed by atoms with Gasteiger partial charge in [-0.15, -0.1) is 0 Å². The van der Waals surface area contributed by atoms with Crippen molar-refractivity contribution in [3.05, 3.63) is 81.3 Å². The summed E-state index contributed by atoms with van der Waals surface area (Å²) in [4.78, 5) is 4.54. The third-order valence-corrected chi connectivity index (χ3v) is 5.13. The molecule has 156 valence electrons. The molecule has 3 aromatic carbocycles. The summed E-state index contributed by atoms with van der Waals surface area (Å²) in [5, 5.41) is 0.672. The largest absolute Gasteiger partial charge is 0.494 e. The number of halogens is 2. The number of rotatable bonds is 9. The molecule has 0 saturated heterocycles. The highest BCUT2D eigenvalue weighted by Crippen LogP contribution is 2.37. The summed E-state index contributed by atoms with van der Waals surface area (Å²) in [6, 6.07) is 19.1.